The van der Waals surface area contributed by atoms with Crippen molar-refractivity contribution in [3.05, 3.63) is 18.2 Å². The lowest BCUT2D eigenvalue weighted by atomic mass is 9.71. The summed E-state index contributed by atoms with van der Waals surface area (Å²) in [7, 11) is 3.80. The number of carbonyl (C=O) groups excluding carboxylic acids is 1. The van der Waals surface area contributed by atoms with Crippen molar-refractivity contribution in [3.8, 4) is 0 Å². The first kappa shape index (κ1) is 15.0. The molecule has 1 heterocycles. The van der Waals surface area contributed by atoms with Crippen LogP contribution in [0.2, 0.25) is 0 Å². The monoisotopic (exact) mass is 278 g/mol. The fourth-order valence-corrected chi connectivity index (χ4v) is 3.06. The molecule has 0 aliphatic heterocycles. The van der Waals surface area contributed by atoms with Crippen LogP contribution in [0, 0.1) is 5.41 Å². The highest BCUT2D eigenvalue weighted by Crippen LogP contribution is 2.38. The van der Waals surface area contributed by atoms with Gasteiger partial charge in [-0.15, -0.1) is 0 Å². The highest BCUT2D eigenvalue weighted by Gasteiger charge is 2.33. The molecule has 1 aromatic rings. The van der Waals surface area contributed by atoms with E-state index < -0.39 is 0 Å². The molecule has 0 radical (unpaired) electrons. The molecule has 5 heteroatoms. The van der Waals surface area contributed by atoms with E-state index in [4.69, 9.17) is 5.73 Å². The third-order valence-electron chi connectivity index (χ3n) is 4.60. The minimum Gasteiger partial charge on any atom is -0.338 e. The standard InChI is InChI=1S/C15H26N4O/c1-18-9-8-17-13(18)11-19(2)14(20)10-15(12-16)6-4-3-5-7-15/h8-9H,3-7,10-12,16H2,1-2H3. The van der Waals surface area contributed by atoms with E-state index in [9.17, 15) is 4.79 Å². The summed E-state index contributed by atoms with van der Waals surface area (Å²) in [5.41, 5.74) is 5.99. The summed E-state index contributed by atoms with van der Waals surface area (Å²) in [6, 6.07) is 0. The largest absolute Gasteiger partial charge is 0.338 e. The number of hydrogen-bond acceptors (Lipinski definition) is 3. The second-order valence-corrected chi connectivity index (χ2v) is 6.15. The molecule has 0 bridgehead atoms. The molecule has 1 aliphatic carbocycles. The zero-order chi connectivity index (χ0) is 14.6. The van der Waals surface area contributed by atoms with Crippen molar-refractivity contribution in [2.45, 2.75) is 45.1 Å². The lowest BCUT2D eigenvalue weighted by Gasteiger charge is -2.36. The van der Waals surface area contributed by atoms with Crippen LogP contribution in [0.4, 0.5) is 0 Å². The second kappa shape index (κ2) is 6.39. The quantitative estimate of drug-likeness (QED) is 0.891. The average molecular weight is 278 g/mol. The zero-order valence-corrected chi connectivity index (χ0v) is 12.6. The molecule has 1 aromatic heterocycles. The molecule has 1 amide bonds. The number of nitrogens with two attached hydrogens (primary N) is 1. The number of imidazole rings is 1. The van der Waals surface area contributed by atoms with Gasteiger partial charge in [-0.1, -0.05) is 19.3 Å². The Balaban J connectivity index is 1.94. The minimum atomic E-state index is 0.0330. The van der Waals surface area contributed by atoms with Crippen LogP contribution in [-0.2, 0) is 18.4 Å². The molecule has 112 valence electrons. The van der Waals surface area contributed by atoms with Crippen LogP contribution in [-0.4, -0.2) is 34.0 Å². The van der Waals surface area contributed by atoms with Crippen molar-refractivity contribution < 1.29 is 4.79 Å². The molecular weight excluding hydrogens is 252 g/mol. The van der Waals surface area contributed by atoms with Crippen LogP contribution >= 0.6 is 0 Å². The summed E-state index contributed by atoms with van der Waals surface area (Å²) in [6.07, 6.45) is 10.1. The number of amides is 1. The highest BCUT2D eigenvalue weighted by molar-refractivity contribution is 5.76. The number of aryl methyl sites for hydroxylation is 1. The van der Waals surface area contributed by atoms with Crippen LogP contribution in [0.5, 0.6) is 0 Å². The van der Waals surface area contributed by atoms with Gasteiger partial charge in [-0.3, -0.25) is 4.79 Å². The Morgan fingerprint density at radius 1 is 1.45 bits per heavy atom. The first-order valence-electron chi connectivity index (χ1n) is 7.46. The molecule has 5 nitrogen and oxygen atoms in total. The summed E-state index contributed by atoms with van der Waals surface area (Å²) in [4.78, 5) is 18.5. The summed E-state index contributed by atoms with van der Waals surface area (Å²) >= 11 is 0. The van der Waals surface area contributed by atoms with E-state index in [0.29, 0.717) is 19.5 Å². The van der Waals surface area contributed by atoms with Gasteiger partial charge in [0.05, 0.1) is 6.54 Å². The Morgan fingerprint density at radius 3 is 2.70 bits per heavy atom. The predicted octanol–water partition coefficient (Wildman–Crippen LogP) is 1.68. The van der Waals surface area contributed by atoms with Crippen LogP contribution in [0.25, 0.3) is 0 Å². The normalized spacial score (nSPS) is 17.9. The van der Waals surface area contributed by atoms with Gasteiger partial charge < -0.3 is 15.2 Å². The first-order chi connectivity index (χ1) is 9.56. The summed E-state index contributed by atoms with van der Waals surface area (Å²) in [5, 5.41) is 0. The SMILES string of the molecule is CN(Cc1nccn1C)C(=O)CC1(CN)CCCCC1. The Morgan fingerprint density at radius 2 is 2.15 bits per heavy atom. The molecule has 20 heavy (non-hydrogen) atoms. The van der Waals surface area contributed by atoms with Crippen molar-refractivity contribution in [3.63, 3.8) is 0 Å². The molecule has 2 rings (SSSR count). The van der Waals surface area contributed by atoms with Gasteiger partial charge in [-0.05, 0) is 24.8 Å². The molecular formula is C15H26N4O. The minimum absolute atomic E-state index is 0.0330. The highest BCUT2D eigenvalue weighted by atomic mass is 16.2. The maximum Gasteiger partial charge on any atom is 0.223 e. The van der Waals surface area contributed by atoms with Gasteiger partial charge in [0, 0.05) is 32.9 Å². The Kier molecular flexibility index (Phi) is 4.81. The van der Waals surface area contributed by atoms with Gasteiger partial charge in [-0.25, -0.2) is 4.98 Å². The molecule has 0 spiro atoms. The molecule has 1 aliphatic rings. The summed E-state index contributed by atoms with van der Waals surface area (Å²) < 4.78 is 1.95. The predicted molar refractivity (Wildman–Crippen MR) is 78.9 cm³/mol. The van der Waals surface area contributed by atoms with Gasteiger partial charge in [0.1, 0.15) is 5.82 Å². The lowest BCUT2D eigenvalue weighted by molar-refractivity contribution is -0.133. The smallest absolute Gasteiger partial charge is 0.223 e. The molecule has 0 aromatic carbocycles. The molecule has 2 N–H and O–H groups in total. The van der Waals surface area contributed by atoms with E-state index in [1.54, 1.807) is 11.1 Å². The number of rotatable bonds is 5. The van der Waals surface area contributed by atoms with Gasteiger partial charge >= 0.3 is 0 Å². The molecule has 0 saturated heterocycles. The van der Waals surface area contributed by atoms with E-state index in [-0.39, 0.29) is 11.3 Å². The topological polar surface area (TPSA) is 64.2 Å². The lowest BCUT2D eigenvalue weighted by Crippen LogP contribution is -2.39. The van der Waals surface area contributed by atoms with Gasteiger partial charge in [-0.2, -0.15) is 0 Å². The molecule has 0 unspecified atom stereocenters. The van der Waals surface area contributed by atoms with Crippen molar-refractivity contribution in [1.82, 2.24) is 14.5 Å². The van der Waals surface area contributed by atoms with Crippen molar-refractivity contribution in [2.75, 3.05) is 13.6 Å². The van der Waals surface area contributed by atoms with Crippen LogP contribution in [0.3, 0.4) is 0 Å². The van der Waals surface area contributed by atoms with E-state index in [0.717, 1.165) is 18.7 Å². The van der Waals surface area contributed by atoms with Crippen LogP contribution in [0.15, 0.2) is 12.4 Å². The fraction of sp³-hybridized carbons (Fsp3) is 0.733. The van der Waals surface area contributed by atoms with E-state index in [2.05, 4.69) is 4.98 Å². The van der Waals surface area contributed by atoms with Gasteiger partial charge in [0.2, 0.25) is 5.91 Å². The van der Waals surface area contributed by atoms with Gasteiger partial charge in [0.15, 0.2) is 0 Å². The zero-order valence-electron chi connectivity index (χ0n) is 12.6. The Hall–Kier alpha value is -1.36. The van der Waals surface area contributed by atoms with Gasteiger partial charge in [0.25, 0.3) is 0 Å². The second-order valence-electron chi connectivity index (χ2n) is 6.15. The number of aromatic nitrogens is 2. The maximum atomic E-state index is 12.4. The molecule has 1 fully saturated rings. The number of hydrogen-bond donors (Lipinski definition) is 1. The molecule has 1 saturated carbocycles. The third kappa shape index (κ3) is 3.39. The maximum absolute atomic E-state index is 12.4. The summed E-state index contributed by atoms with van der Waals surface area (Å²) in [5.74, 6) is 1.09. The molecule has 0 atom stereocenters. The summed E-state index contributed by atoms with van der Waals surface area (Å²) in [6.45, 7) is 1.18. The Bertz CT molecular complexity index is 448. The fourth-order valence-electron chi connectivity index (χ4n) is 3.06. The van der Waals surface area contributed by atoms with Crippen molar-refractivity contribution in [2.24, 2.45) is 18.2 Å². The van der Waals surface area contributed by atoms with E-state index in [1.165, 1.54) is 19.3 Å². The van der Waals surface area contributed by atoms with E-state index in [1.807, 2.05) is 24.9 Å². The van der Waals surface area contributed by atoms with Crippen LogP contribution < -0.4 is 5.73 Å². The average Bonchev–Trinajstić information content (AvgIpc) is 2.85. The Labute approximate surface area is 121 Å². The third-order valence-corrected chi connectivity index (χ3v) is 4.60. The number of nitrogens with zero attached hydrogens (tertiary/aromatic N) is 3. The van der Waals surface area contributed by atoms with Crippen LogP contribution in [0.1, 0.15) is 44.3 Å². The van der Waals surface area contributed by atoms with Crippen molar-refractivity contribution >= 4 is 5.91 Å². The van der Waals surface area contributed by atoms with Crippen molar-refractivity contribution in [1.29, 1.82) is 0 Å². The van der Waals surface area contributed by atoms with E-state index >= 15 is 0 Å². The first-order valence-corrected chi connectivity index (χ1v) is 7.46. The number of carbonyl (C=O) groups is 1.